The molecule has 5 nitrogen and oxygen atoms in total. The number of hydrogen-bond donors (Lipinski definition) is 1. The van der Waals surface area contributed by atoms with Crippen LogP contribution in [0.15, 0.2) is 48.9 Å². The molecule has 102 valence electrons. The lowest BCUT2D eigenvalue weighted by Crippen LogP contribution is -2.19. The summed E-state index contributed by atoms with van der Waals surface area (Å²) in [6.45, 7) is 1.21. The predicted molar refractivity (Wildman–Crippen MR) is 79.4 cm³/mol. The van der Waals surface area contributed by atoms with Crippen LogP contribution in [0.1, 0.15) is 11.3 Å². The third-order valence-electron chi connectivity index (χ3n) is 3.31. The maximum atomic E-state index is 5.89. The van der Waals surface area contributed by atoms with Crippen molar-refractivity contribution in [1.82, 2.24) is 14.4 Å². The molecule has 20 heavy (non-hydrogen) atoms. The number of rotatable bonds is 4. The lowest BCUT2D eigenvalue weighted by molar-refractivity contribution is 0.869. The van der Waals surface area contributed by atoms with Crippen LogP contribution >= 0.6 is 0 Å². The van der Waals surface area contributed by atoms with Crippen LogP contribution in [0.4, 0.5) is 5.82 Å². The topological polar surface area (TPSA) is 59.5 Å². The monoisotopic (exact) mass is 267 g/mol. The van der Waals surface area contributed by atoms with Gasteiger partial charge in [0.1, 0.15) is 5.65 Å². The zero-order chi connectivity index (χ0) is 13.9. The Bertz CT molecular complexity index is 705. The molecule has 3 aromatic rings. The fourth-order valence-electron chi connectivity index (χ4n) is 2.37. The molecule has 0 aliphatic rings. The van der Waals surface area contributed by atoms with E-state index in [1.54, 1.807) is 6.20 Å². The van der Waals surface area contributed by atoms with Gasteiger partial charge >= 0.3 is 0 Å². The maximum absolute atomic E-state index is 5.89. The van der Waals surface area contributed by atoms with E-state index in [-0.39, 0.29) is 0 Å². The first-order valence-electron chi connectivity index (χ1n) is 6.55. The molecular formula is C15H17N5. The molecule has 0 saturated heterocycles. The van der Waals surface area contributed by atoms with Gasteiger partial charge in [0.25, 0.3) is 0 Å². The second kappa shape index (κ2) is 5.30. The Hall–Kier alpha value is -2.40. The zero-order valence-corrected chi connectivity index (χ0v) is 11.4. The first kappa shape index (κ1) is 12.6. The number of nitrogens with zero attached hydrogens (tertiary/aromatic N) is 4. The van der Waals surface area contributed by atoms with Gasteiger partial charge in [-0.3, -0.25) is 4.98 Å². The highest BCUT2D eigenvalue weighted by Gasteiger charge is 2.14. The zero-order valence-electron chi connectivity index (χ0n) is 11.4. The van der Waals surface area contributed by atoms with Crippen molar-refractivity contribution in [3.63, 3.8) is 0 Å². The first-order valence-corrected chi connectivity index (χ1v) is 6.55. The second-order valence-corrected chi connectivity index (χ2v) is 4.73. The molecule has 0 unspecified atom stereocenters. The van der Waals surface area contributed by atoms with Crippen molar-refractivity contribution in [3.8, 4) is 0 Å². The van der Waals surface area contributed by atoms with Crippen molar-refractivity contribution in [2.45, 2.75) is 13.1 Å². The Morgan fingerprint density at radius 2 is 2.15 bits per heavy atom. The third kappa shape index (κ3) is 2.23. The van der Waals surface area contributed by atoms with E-state index < -0.39 is 0 Å². The molecule has 3 aromatic heterocycles. The standard InChI is InChI=1S/C15H17N5/c1-19(11-12-5-4-7-17-10-12)15-13(9-16)20-8-3-2-6-14(20)18-15/h2-8,10H,9,11,16H2,1H3. The molecule has 5 heteroatoms. The quantitative estimate of drug-likeness (QED) is 0.783. The molecule has 0 aromatic carbocycles. The van der Waals surface area contributed by atoms with Gasteiger partial charge < -0.3 is 15.0 Å². The third-order valence-corrected chi connectivity index (χ3v) is 3.31. The minimum absolute atomic E-state index is 0.456. The van der Waals surface area contributed by atoms with E-state index in [2.05, 4.69) is 20.9 Å². The first-order chi connectivity index (χ1) is 9.79. The Morgan fingerprint density at radius 1 is 1.25 bits per heavy atom. The minimum atomic E-state index is 0.456. The van der Waals surface area contributed by atoms with Crippen molar-refractivity contribution in [2.75, 3.05) is 11.9 Å². The van der Waals surface area contributed by atoms with E-state index in [1.165, 1.54) is 0 Å². The molecule has 0 atom stereocenters. The average molecular weight is 267 g/mol. The van der Waals surface area contributed by atoms with E-state index >= 15 is 0 Å². The van der Waals surface area contributed by atoms with Crippen LogP contribution < -0.4 is 10.6 Å². The SMILES string of the molecule is CN(Cc1cccnc1)c1nc2ccccn2c1CN. The molecule has 0 bridgehead atoms. The van der Waals surface area contributed by atoms with Crippen molar-refractivity contribution in [1.29, 1.82) is 0 Å². The fraction of sp³-hybridized carbons (Fsp3) is 0.200. The molecule has 0 spiro atoms. The van der Waals surface area contributed by atoms with Gasteiger partial charge in [0.2, 0.25) is 0 Å². The van der Waals surface area contributed by atoms with Gasteiger partial charge in [-0.2, -0.15) is 0 Å². The predicted octanol–water partition coefficient (Wildman–Crippen LogP) is 1.82. The second-order valence-electron chi connectivity index (χ2n) is 4.73. The number of aromatic nitrogens is 3. The number of imidazole rings is 1. The van der Waals surface area contributed by atoms with Crippen LogP contribution in [0.3, 0.4) is 0 Å². The fourth-order valence-corrected chi connectivity index (χ4v) is 2.37. The van der Waals surface area contributed by atoms with Gasteiger partial charge in [-0.15, -0.1) is 0 Å². The molecule has 0 saturated carbocycles. The summed E-state index contributed by atoms with van der Waals surface area (Å²) in [6, 6.07) is 9.95. The van der Waals surface area contributed by atoms with Gasteiger partial charge in [-0.1, -0.05) is 12.1 Å². The molecule has 2 N–H and O–H groups in total. The number of pyridine rings is 2. The summed E-state index contributed by atoms with van der Waals surface area (Å²) in [5, 5.41) is 0. The van der Waals surface area contributed by atoms with Gasteiger partial charge in [0.15, 0.2) is 5.82 Å². The highest BCUT2D eigenvalue weighted by molar-refractivity contribution is 5.55. The lowest BCUT2D eigenvalue weighted by Gasteiger charge is -2.17. The summed E-state index contributed by atoms with van der Waals surface area (Å²) >= 11 is 0. The summed E-state index contributed by atoms with van der Waals surface area (Å²) in [6.07, 6.45) is 5.64. The molecule has 0 fully saturated rings. The largest absolute Gasteiger partial charge is 0.354 e. The van der Waals surface area contributed by atoms with Crippen molar-refractivity contribution in [2.24, 2.45) is 5.73 Å². The highest BCUT2D eigenvalue weighted by Crippen LogP contribution is 2.21. The number of fused-ring (bicyclic) bond motifs is 1. The van der Waals surface area contributed by atoms with Crippen molar-refractivity contribution in [3.05, 3.63) is 60.2 Å². The van der Waals surface area contributed by atoms with Crippen LogP contribution in [-0.2, 0) is 13.1 Å². The Morgan fingerprint density at radius 3 is 2.90 bits per heavy atom. The summed E-state index contributed by atoms with van der Waals surface area (Å²) in [7, 11) is 2.02. The Kier molecular flexibility index (Phi) is 3.35. The molecule has 0 radical (unpaired) electrons. The molecule has 0 aliphatic heterocycles. The van der Waals surface area contributed by atoms with E-state index in [0.29, 0.717) is 6.54 Å². The van der Waals surface area contributed by atoms with Crippen LogP contribution in [0, 0.1) is 0 Å². The number of anilines is 1. The Labute approximate surface area is 117 Å². The summed E-state index contributed by atoms with van der Waals surface area (Å²) in [5.41, 5.74) is 8.98. The molecule has 3 rings (SSSR count). The van der Waals surface area contributed by atoms with Crippen LogP contribution in [0.25, 0.3) is 5.65 Å². The van der Waals surface area contributed by atoms with Crippen molar-refractivity contribution >= 4 is 11.5 Å². The molecule has 3 heterocycles. The maximum Gasteiger partial charge on any atom is 0.152 e. The molecular weight excluding hydrogens is 250 g/mol. The highest BCUT2D eigenvalue weighted by atomic mass is 15.2. The van der Waals surface area contributed by atoms with Gasteiger partial charge in [0, 0.05) is 38.7 Å². The number of hydrogen-bond acceptors (Lipinski definition) is 4. The smallest absolute Gasteiger partial charge is 0.152 e. The minimum Gasteiger partial charge on any atom is -0.354 e. The summed E-state index contributed by atoms with van der Waals surface area (Å²) in [5.74, 6) is 0.919. The van der Waals surface area contributed by atoms with Gasteiger partial charge in [0.05, 0.1) is 5.69 Å². The van der Waals surface area contributed by atoms with E-state index in [0.717, 1.165) is 29.3 Å². The van der Waals surface area contributed by atoms with Crippen LogP contribution in [0.2, 0.25) is 0 Å². The Balaban J connectivity index is 1.97. The van der Waals surface area contributed by atoms with E-state index in [4.69, 9.17) is 5.73 Å². The summed E-state index contributed by atoms with van der Waals surface area (Å²) < 4.78 is 2.04. The average Bonchev–Trinajstić information content (AvgIpc) is 2.87. The van der Waals surface area contributed by atoms with Gasteiger partial charge in [-0.05, 0) is 23.8 Å². The molecule has 0 aliphatic carbocycles. The van der Waals surface area contributed by atoms with E-state index in [9.17, 15) is 0 Å². The van der Waals surface area contributed by atoms with Crippen molar-refractivity contribution < 1.29 is 0 Å². The molecule has 0 amide bonds. The van der Waals surface area contributed by atoms with Crippen LogP contribution in [0.5, 0.6) is 0 Å². The number of nitrogens with two attached hydrogens (primary N) is 1. The lowest BCUT2D eigenvalue weighted by atomic mass is 10.2. The van der Waals surface area contributed by atoms with E-state index in [1.807, 2.05) is 48.1 Å². The van der Waals surface area contributed by atoms with Gasteiger partial charge in [-0.25, -0.2) is 4.98 Å². The summed E-state index contributed by atoms with van der Waals surface area (Å²) in [4.78, 5) is 10.9. The van der Waals surface area contributed by atoms with Crippen LogP contribution in [-0.4, -0.2) is 21.4 Å². The normalized spacial score (nSPS) is 10.9.